The predicted octanol–water partition coefficient (Wildman–Crippen LogP) is 6.53. The molecule has 2 atom stereocenters. The van der Waals surface area contributed by atoms with Crippen LogP contribution in [0.3, 0.4) is 0 Å². The summed E-state index contributed by atoms with van der Waals surface area (Å²) in [6.45, 7) is 3.06. The molecule has 0 saturated heterocycles. The zero-order valence-corrected chi connectivity index (χ0v) is 17.0. The van der Waals surface area contributed by atoms with Crippen LogP contribution < -0.4 is 0 Å². The van der Waals surface area contributed by atoms with Crippen molar-refractivity contribution in [3.8, 4) is 0 Å². The molecule has 28 heavy (non-hydrogen) atoms. The third-order valence-electron chi connectivity index (χ3n) is 6.54. The number of aromatic nitrogens is 1. The van der Waals surface area contributed by atoms with Gasteiger partial charge in [-0.05, 0) is 73.8 Å². The lowest BCUT2D eigenvalue weighted by molar-refractivity contribution is 0.199. The van der Waals surface area contributed by atoms with Crippen LogP contribution in [-0.2, 0) is 6.54 Å². The summed E-state index contributed by atoms with van der Waals surface area (Å²) in [7, 11) is 2.25. The lowest BCUT2D eigenvalue weighted by atomic mass is 9.90. The van der Waals surface area contributed by atoms with Crippen LogP contribution >= 0.6 is 11.6 Å². The maximum atomic E-state index is 13.3. The summed E-state index contributed by atoms with van der Waals surface area (Å²) in [5.74, 6) is 0.351. The summed E-state index contributed by atoms with van der Waals surface area (Å²) in [5, 5.41) is 2.03. The Hall–Kier alpha value is -2.10. The quantitative estimate of drug-likeness (QED) is 0.479. The molecule has 2 heterocycles. The van der Waals surface area contributed by atoms with E-state index in [2.05, 4.69) is 41.8 Å². The van der Waals surface area contributed by atoms with E-state index < -0.39 is 0 Å². The standard InChI is InChI=1S/C24H24ClFN2/c1-15(16-6-9-18(26)10-7-16)13-28-23-11-8-17(25)12-20(23)21-14-27(2)22-5-3-4-19(22)24(21)28/h6-13,19,22H,3-5,14H2,1-2H3. The van der Waals surface area contributed by atoms with Crippen molar-refractivity contribution in [1.82, 2.24) is 9.47 Å². The average Bonchev–Trinajstić information content (AvgIpc) is 3.27. The fourth-order valence-electron chi connectivity index (χ4n) is 5.22. The molecule has 0 radical (unpaired) electrons. The second kappa shape index (κ2) is 6.75. The second-order valence-electron chi connectivity index (χ2n) is 8.23. The number of fused-ring (bicyclic) bond motifs is 5. The Kier molecular flexibility index (Phi) is 4.33. The van der Waals surface area contributed by atoms with Crippen molar-refractivity contribution in [2.45, 2.75) is 44.7 Å². The van der Waals surface area contributed by atoms with E-state index >= 15 is 0 Å². The number of rotatable bonds is 2. The summed E-state index contributed by atoms with van der Waals surface area (Å²) in [5.41, 5.74) is 6.23. The van der Waals surface area contributed by atoms with Gasteiger partial charge in [0.2, 0.25) is 0 Å². The van der Waals surface area contributed by atoms with Gasteiger partial charge in [0.1, 0.15) is 5.82 Å². The normalized spacial score (nSPS) is 22.5. The number of nitrogens with zero attached hydrogens (tertiary/aromatic N) is 2. The first-order valence-electron chi connectivity index (χ1n) is 10.00. The van der Waals surface area contributed by atoms with Gasteiger partial charge in [0.05, 0.1) is 5.52 Å². The van der Waals surface area contributed by atoms with E-state index in [1.807, 2.05) is 18.2 Å². The highest BCUT2D eigenvalue weighted by Crippen LogP contribution is 2.47. The Morgan fingerprint density at radius 2 is 1.93 bits per heavy atom. The topological polar surface area (TPSA) is 8.17 Å². The van der Waals surface area contributed by atoms with Gasteiger partial charge in [0.15, 0.2) is 0 Å². The van der Waals surface area contributed by atoms with Crippen LogP contribution in [0.4, 0.5) is 4.39 Å². The highest BCUT2D eigenvalue weighted by Gasteiger charge is 2.39. The minimum absolute atomic E-state index is 0.202. The van der Waals surface area contributed by atoms with E-state index in [4.69, 9.17) is 11.6 Å². The third-order valence-corrected chi connectivity index (χ3v) is 6.77. The van der Waals surface area contributed by atoms with Gasteiger partial charge < -0.3 is 4.57 Å². The molecule has 3 aromatic rings. The molecule has 4 heteroatoms. The van der Waals surface area contributed by atoms with Crippen molar-refractivity contribution in [3.63, 3.8) is 0 Å². The van der Waals surface area contributed by atoms with Gasteiger partial charge in [-0.2, -0.15) is 0 Å². The van der Waals surface area contributed by atoms with Crippen molar-refractivity contribution >= 4 is 34.3 Å². The Labute approximate surface area is 170 Å². The number of benzene rings is 2. The number of halogens is 2. The van der Waals surface area contributed by atoms with Gasteiger partial charge in [0.25, 0.3) is 0 Å². The van der Waals surface area contributed by atoms with Crippen LogP contribution in [0.1, 0.15) is 48.9 Å². The number of hydrogen-bond donors (Lipinski definition) is 0. The van der Waals surface area contributed by atoms with E-state index in [9.17, 15) is 4.39 Å². The van der Waals surface area contributed by atoms with E-state index in [-0.39, 0.29) is 5.82 Å². The molecular formula is C24H24ClFN2. The molecule has 0 N–H and O–H groups in total. The van der Waals surface area contributed by atoms with Crippen LogP contribution in [0, 0.1) is 5.82 Å². The minimum Gasteiger partial charge on any atom is -0.319 e. The summed E-state index contributed by atoms with van der Waals surface area (Å²) < 4.78 is 15.7. The molecule has 2 nitrogen and oxygen atoms in total. The highest BCUT2D eigenvalue weighted by molar-refractivity contribution is 6.31. The van der Waals surface area contributed by atoms with Crippen molar-refractivity contribution in [2.24, 2.45) is 0 Å². The largest absolute Gasteiger partial charge is 0.319 e. The predicted molar refractivity (Wildman–Crippen MR) is 115 cm³/mol. The number of likely N-dealkylation sites (N-methyl/N-ethyl adjacent to an activating group) is 1. The lowest BCUT2D eigenvalue weighted by Crippen LogP contribution is -2.38. The average molecular weight is 395 g/mol. The number of hydrogen-bond acceptors (Lipinski definition) is 1. The van der Waals surface area contributed by atoms with E-state index in [0.717, 1.165) is 22.7 Å². The maximum absolute atomic E-state index is 13.3. The zero-order chi connectivity index (χ0) is 19.4. The molecule has 2 unspecified atom stereocenters. The molecule has 1 aromatic heterocycles. The van der Waals surface area contributed by atoms with E-state index in [0.29, 0.717) is 12.0 Å². The minimum atomic E-state index is -0.202. The molecule has 1 saturated carbocycles. The molecule has 0 bridgehead atoms. The number of allylic oxidation sites excluding steroid dienone is 1. The summed E-state index contributed by atoms with van der Waals surface area (Å²) in [6, 6.07) is 13.6. The van der Waals surface area contributed by atoms with Crippen molar-refractivity contribution in [3.05, 3.63) is 70.1 Å². The summed E-state index contributed by atoms with van der Waals surface area (Å²) in [6.07, 6.45) is 6.00. The van der Waals surface area contributed by atoms with Gasteiger partial charge in [-0.1, -0.05) is 30.2 Å². The first-order chi connectivity index (χ1) is 13.5. The zero-order valence-electron chi connectivity index (χ0n) is 16.3. The Morgan fingerprint density at radius 3 is 2.71 bits per heavy atom. The van der Waals surface area contributed by atoms with Crippen LogP contribution in [0.15, 0.2) is 42.5 Å². The van der Waals surface area contributed by atoms with Crippen LogP contribution in [0.25, 0.3) is 22.7 Å². The van der Waals surface area contributed by atoms with Gasteiger partial charge in [0, 0.05) is 40.8 Å². The second-order valence-corrected chi connectivity index (χ2v) is 8.67. The molecule has 1 aliphatic carbocycles. The SMILES string of the molecule is CC(=Cn1c2c(c3cc(Cl)ccc31)CN(C)C1CCCC21)c1ccc(F)cc1. The molecule has 0 spiro atoms. The molecule has 2 aromatic carbocycles. The monoisotopic (exact) mass is 394 g/mol. The Morgan fingerprint density at radius 1 is 1.14 bits per heavy atom. The first-order valence-corrected chi connectivity index (χ1v) is 10.4. The molecule has 144 valence electrons. The van der Waals surface area contributed by atoms with Crippen molar-refractivity contribution < 1.29 is 4.39 Å². The molecular weight excluding hydrogens is 371 g/mol. The summed E-state index contributed by atoms with van der Waals surface area (Å²) >= 11 is 6.36. The molecule has 1 fully saturated rings. The molecule has 1 aliphatic heterocycles. The summed E-state index contributed by atoms with van der Waals surface area (Å²) in [4.78, 5) is 2.52. The fraction of sp³-hybridized carbons (Fsp3) is 0.333. The smallest absolute Gasteiger partial charge is 0.123 e. The van der Waals surface area contributed by atoms with Crippen LogP contribution in [-0.4, -0.2) is 22.6 Å². The van der Waals surface area contributed by atoms with Crippen LogP contribution in [0.5, 0.6) is 0 Å². The Balaban J connectivity index is 1.73. The molecule has 2 aliphatic rings. The maximum Gasteiger partial charge on any atom is 0.123 e. The van der Waals surface area contributed by atoms with Gasteiger partial charge >= 0.3 is 0 Å². The van der Waals surface area contributed by atoms with Crippen molar-refractivity contribution in [2.75, 3.05) is 7.05 Å². The van der Waals surface area contributed by atoms with Crippen molar-refractivity contribution in [1.29, 1.82) is 0 Å². The van der Waals surface area contributed by atoms with Gasteiger partial charge in [-0.25, -0.2) is 4.39 Å². The third kappa shape index (κ3) is 2.80. The lowest BCUT2D eigenvalue weighted by Gasteiger charge is -2.36. The Bertz CT molecular complexity index is 1080. The van der Waals surface area contributed by atoms with Gasteiger partial charge in [-0.15, -0.1) is 0 Å². The van der Waals surface area contributed by atoms with E-state index in [1.165, 1.54) is 53.6 Å². The molecule has 0 amide bonds. The highest BCUT2D eigenvalue weighted by atomic mass is 35.5. The molecule has 5 rings (SSSR count). The van der Waals surface area contributed by atoms with E-state index in [1.54, 1.807) is 0 Å². The fourth-order valence-corrected chi connectivity index (χ4v) is 5.39. The van der Waals surface area contributed by atoms with Gasteiger partial charge in [-0.3, -0.25) is 4.90 Å². The first kappa shape index (κ1) is 18.0. The van der Waals surface area contributed by atoms with Crippen LogP contribution in [0.2, 0.25) is 5.02 Å².